The largest absolute Gasteiger partial charge is 0.483 e. The van der Waals surface area contributed by atoms with Gasteiger partial charge in [-0.2, -0.15) is 0 Å². The number of carbonyl (C=O) groups is 1. The number of para-hydroxylation sites is 2. The van der Waals surface area contributed by atoms with E-state index in [0.717, 1.165) is 6.92 Å². The highest BCUT2D eigenvalue weighted by Crippen LogP contribution is 2.26. The molecule has 1 rings (SSSR count). The van der Waals surface area contributed by atoms with Crippen molar-refractivity contribution in [3.8, 4) is 5.75 Å². The van der Waals surface area contributed by atoms with Crippen LogP contribution in [-0.2, 0) is 4.79 Å². The van der Waals surface area contributed by atoms with Crippen molar-refractivity contribution in [1.29, 1.82) is 0 Å². The number of hydrogen-bond acceptors (Lipinski definition) is 5. The Morgan fingerprint density at radius 1 is 1.53 bits per heavy atom. The van der Waals surface area contributed by atoms with Gasteiger partial charge in [-0.25, -0.2) is 4.79 Å². The lowest BCUT2D eigenvalue weighted by atomic mass is 10.1. The molecular weight excluding hydrogens is 230 g/mol. The van der Waals surface area contributed by atoms with Crippen LogP contribution in [0.15, 0.2) is 24.3 Å². The van der Waals surface area contributed by atoms with Crippen molar-refractivity contribution >= 4 is 11.7 Å². The summed E-state index contributed by atoms with van der Waals surface area (Å²) >= 11 is 0. The lowest BCUT2D eigenvalue weighted by Crippen LogP contribution is -2.41. The highest BCUT2D eigenvalue weighted by Gasteiger charge is 2.31. The molecule has 1 aromatic rings. The minimum Gasteiger partial charge on any atom is -0.483 e. The van der Waals surface area contributed by atoms with Crippen molar-refractivity contribution < 1.29 is 24.7 Å². The average Bonchev–Trinajstić information content (AvgIpc) is 2.26. The van der Waals surface area contributed by atoms with Gasteiger partial charge in [0, 0.05) is 6.07 Å². The first kappa shape index (κ1) is 12.9. The topological polar surface area (TPSA) is 110 Å². The van der Waals surface area contributed by atoms with Gasteiger partial charge in [-0.1, -0.05) is 12.1 Å². The molecule has 7 nitrogen and oxygen atoms in total. The Balaban J connectivity index is 2.83. The van der Waals surface area contributed by atoms with Crippen LogP contribution in [0.3, 0.4) is 0 Å². The number of nitro groups is 1. The fourth-order valence-corrected chi connectivity index (χ4v) is 1.01. The van der Waals surface area contributed by atoms with E-state index in [4.69, 9.17) is 9.84 Å². The van der Waals surface area contributed by atoms with E-state index >= 15 is 0 Å². The van der Waals surface area contributed by atoms with Gasteiger partial charge >= 0.3 is 11.7 Å². The molecule has 0 heterocycles. The molecule has 0 saturated carbocycles. The molecular formula is C10H11NO6. The van der Waals surface area contributed by atoms with Gasteiger partial charge in [-0.05, 0) is 13.0 Å². The van der Waals surface area contributed by atoms with Crippen molar-refractivity contribution in [2.75, 3.05) is 6.61 Å². The lowest BCUT2D eigenvalue weighted by Gasteiger charge is -2.18. The Morgan fingerprint density at radius 3 is 2.65 bits per heavy atom. The van der Waals surface area contributed by atoms with Gasteiger partial charge in [0.25, 0.3) is 0 Å². The van der Waals surface area contributed by atoms with Gasteiger partial charge in [0.2, 0.25) is 0 Å². The summed E-state index contributed by atoms with van der Waals surface area (Å²) in [6.45, 7) is 0.470. The van der Waals surface area contributed by atoms with Crippen molar-refractivity contribution in [1.82, 2.24) is 0 Å². The van der Waals surface area contributed by atoms with E-state index in [1.54, 1.807) is 0 Å². The number of nitro benzene ring substituents is 1. The predicted octanol–water partition coefficient (Wildman–Crippen LogP) is 0.809. The molecule has 1 unspecified atom stereocenters. The summed E-state index contributed by atoms with van der Waals surface area (Å²) < 4.78 is 4.95. The monoisotopic (exact) mass is 241 g/mol. The Kier molecular flexibility index (Phi) is 3.64. The third-order valence-corrected chi connectivity index (χ3v) is 2.03. The van der Waals surface area contributed by atoms with Crippen LogP contribution < -0.4 is 4.74 Å². The molecule has 17 heavy (non-hydrogen) atoms. The summed E-state index contributed by atoms with van der Waals surface area (Å²) in [5.41, 5.74) is -2.38. The molecule has 2 N–H and O–H groups in total. The van der Waals surface area contributed by atoms with Crippen molar-refractivity contribution in [2.24, 2.45) is 0 Å². The first-order valence-corrected chi connectivity index (χ1v) is 4.66. The average molecular weight is 241 g/mol. The van der Waals surface area contributed by atoms with E-state index in [9.17, 15) is 20.0 Å². The summed E-state index contributed by atoms with van der Waals surface area (Å²) in [6.07, 6.45) is 0. The number of benzene rings is 1. The number of aliphatic hydroxyl groups is 1. The number of carboxylic acid groups (broad SMARTS) is 1. The van der Waals surface area contributed by atoms with E-state index in [1.165, 1.54) is 24.3 Å². The van der Waals surface area contributed by atoms with E-state index < -0.39 is 23.1 Å². The molecule has 0 aliphatic rings. The Morgan fingerprint density at radius 2 is 2.12 bits per heavy atom. The second-order valence-corrected chi connectivity index (χ2v) is 3.59. The second kappa shape index (κ2) is 4.79. The molecule has 7 heteroatoms. The van der Waals surface area contributed by atoms with Gasteiger partial charge in [0.05, 0.1) is 4.92 Å². The molecule has 0 aliphatic heterocycles. The molecule has 92 valence electrons. The summed E-state index contributed by atoms with van der Waals surface area (Å²) in [6, 6.07) is 5.53. The van der Waals surface area contributed by atoms with Gasteiger partial charge in [-0.3, -0.25) is 10.1 Å². The van der Waals surface area contributed by atoms with Crippen LogP contribution in [0.4, 0.5) is 5.69 Å². The number of hydrogen-bond donors (Lipinski definition) is 2. The summed E-state index contributed by atoms with van der Waals surface area (Å²) in [4.78, 5) is 20.6. The van der Waals surface area contributed by atoms with Gasteiger partial charge < -0.3 is 14.9 Å². The maximum atomic E-state index is 10.6. The normalized spacial score (nSPS) is 13.8. The molecule has 0 saturated heterocycles. The predicted molar refractivity (Wildman–Crippen MR) is 56.9 cm³/mol. The molecule has 1 atom stereocenters. The molecule has 1 aromatic carbocycles. The Labute approximate surface area is 96.4 Å². The molecule has 0 aromatic heterocycles. The SMILES string of the molecule is CC(O)(COc1ccccc1[N+](=O)[O-])C(=O)O. The zero-order valence-corrected chi connectivity index (χ0v) is 8.99. The molecule has 0 radical (unpaired) electrons. The Hall–Kier alpha value is -2.15. The highest BCUT2D eigenvalue weighted by atomic mass is 16.6. The zero-order valence-electron chi connectivity index (χ0n) is 8.99. The molecule has 0 spiro atoms. The summed E-state index contributed by atoms with van der Waals surface area (Å²) in [5.74, 6) is -1.55. The minimum atomic E-state index is -2.09. The van der Waals surface area contributed by atoms with Crippen LogP contribution in [0.5, 0.6) is 5.75 Å². The maximum absolute atomic E-state index is 10.6. The molecule has 0 amide bonds. The number of carboxylic acids is 1. The number of ether oxygens (including phenoxy) is 1. The Bertz CT molecular complexity index is 442. The van der Waals surface area contributed by atoms with Gasteiger partial charge in [0.15, 0.2) is 11.4 Å². The number of nitrogens with zero attached hydrogens (tertiary/aromatic N) is 1. The van der Waals surface area contributed by atoms with Crippen LogP contribution in [-0.4, -0.2) is 33.3 Å². The first-order valence-electron chi connectivity index (χ1n) is 4.66. The van der Waals surface area contributed by atoms with Crippen LogP contribution in [0.25, 0.3) is 0 Å². The fraction of sp³-hybridized carbons (Fsp3) is 0.300. The molecule has 0 fully saturated rings. The van der Waals surface area contributed by atoms with E-state index in [2.05, 4.69) is 0 Å². The highest BCUT2D eigenvalue weighted by molar-refractivity contribution is 5.76. The standard InChI is InChI=1S/C10H11NO6/c1-10(14,9(12)13)6-17-8-5-3-2-4-7(8)11(15)16/h2-5,14H,6H2,1H3,(H,12,13). The minimum absolute atomic E-state index is 0.0842. The van der Waals surface area contributed by atoms with Crippen molar-refractivity contribution in [2.45, 2.75) is 12.5 Å². The van der Waals surface area contributed by atoms with Crippen molar-refractivity contribution in [3.05, 3.63) is 34.4 Å². The lowest BCUT2D eigenvalue weighted by molar-refractivity contribution is -0.386. The second-order valence-electron chi connectivity index (χ2n) is 3.59. The van der Waals surface area contributed by atoms with Gasteiger partial charge in [0.1, 0.15) is 6.61 Å². The van der Waals surface area contributed by atoms with Crippen LogP contribution in [0, 0.1) is 10.1 Å². The molecule has 0 aliphatic carbocycles. The fourth-order valence-electron chi connectivity index (χ4n) is 1.01. The third-order valence-electron chi connectivity index (χ3n) is 2.03. The molecule has 0 bridgehead atoms. The summed E-state index contributed by atoms with van der Waals surface area (Å²) in [7, 11) is 0. The smallest absolute Gasteiger partial charge is 0.339 e. The van der Waals surface area contributed by atoms with Crippen LogP contribution in [0.2, 0.25) is 0 Å². The first-order chi connectivity index (χ1) is 7.84. The van der Waals surface area contributed by atoms with Crippen LogP contribution >= 0.6 is 0 Å². The zero-order chi connectivity index (χ0) is 13.1. The maximum Gasteiger partial charge on any atom is 0.339 e. The van der Waals surface area contributed by atoms with E-state index in [1.807, 2.05) is 0 Å². The van der Waals surface area contributed by atoms with Crippen molar-refractivity contribution in [3.63, 3.8) is 0 Å². The number of rotatable bonds is 5. The quantitative estimate of drug-likeness (QED) is 0.583. The number of aliphatic carboxylic acids is 1. The van der Waals surface area contributed by atoms with E-state index in [-0.39, 0.29) is 11.4 Å². The summed E-state index contributed by atoms with van der Waals surface area (Å²) in [5, 5.41) is 28.6. The van der Waals surface area contributed by atoms with E-state index in [0.29, 0.717) is 0 Å². The van der Waals surface area contributed by atoms with Crippen LogP contribution in [0.1, 0.15) is 6.92 Å². The third kappa shape index (κ3) is 3.15. The van der Waals surface area contributed by atoms with Gasteiger partial charge in [-0.15, -0.1) is 0 Å².